The van der Waals surface area contributed by atoms with Gasteiger partial charge in [0.2, 0.25) is 5.76 Å². The molecule has 6 nitrogen and oxygen atoms in total. The molecule has 1 aliphatic carbocycles. The predicted octanol–water partition coefficient (Wildman–Crippen LogP) is 2.40. The van der Waals surface area contributed by atoms with Crippen molar-refractivity contribution >= 4 is 22.8 Å². The van der Waals surface area contributed by atoms with Crippen molar-refractivity contribution < 1.29 is 23.5 Å². The largest absolute Gasteiger partial charge is 0.449 e. The molecule has 1 heterocycles. The van der Waals surface area contributed by atoms with Gasteiger partial charge in [0.05, 0.1) is 6.61 Å². The van der Waals surface area contributed by atoms with Crippen LogP contribution in [0, 0.1) is 0 Å². The van der Waals surface area contributed by atoms with Gasteiger partial charge in [-0.05, 0) is 25.8 Å². The number of hydrogen-bond acceptors (Lipinski definition) is 5. The van der Waals surface area contributed by atoms with Crippen molar-refractivity contribution in [2.24, 2.45) is 0 Å². The van der Waals surface area contributed by atoms with Gasteiger partial charge in [0.1, 0.15) is 5.58 Å². The minimum Gasteiger partial charge on any atom is -0.449 e. The summed E-state index contributed by atoms with van der Waals surface area (Å²) in [6.07, 6.45) is 1.09. The second-order valence-corrected chi connectivity index (χ2v) is 5.67. The molecule has 1 aliphatic rings. The van der Waals surface area contributed by atoms with Gasteiger partial charge in [-0.1, -0.05) is 18.2 Å². The molecule has 0 saturated heterocycles. The Labute approximate surface area is 133 Å². The van der Waals surface area contributed by atoms with E-state index in [1.54, 1.807) is 20.1 Å². The molecule has 122 valence electrons. The fraction of sp³-hybridized carbons (Fsp3) is 0.412. The van der Waals surface area contributed by atoms with Crippen molar-refractivity contribution in [3.05, 3.63) is 35.6 Å². The number of carbonyl (C=O) groups is 2. The fourth-order valence-corrected chi connectivity index (χ4v) is 2.37. The SMILES string of the molecule is COCc1c(C(=O)OC(C)C(=O)NC2CC2)oc2ccccc12. The van der Waals surface area contributed by atoms with Gasteiger partial charge in [-0.3, -0.25) is 4.79 Å². The normalized spacial score (nSPS) is 15.4. The molecule has 0 bridgehead atoms. The van der Waals surface area contributed by atoms with Crippen LogP contribution in [0.5, 0.6) is 0 Å². The Morgan fingerprint density at radius 2 is 2.09 bits per heavy atom. The Morgan fingerprint density at radius 3 is 2.78 bits per heavy atom. The number of carbonyl (C=O) groups excluding carboxylic acids is 2. The number of nitrogens with one attached hydrogen (secondary N) is 1. The van der Waals surface area contributed by atoms with E-state index in [0.29, 0.717) is 11.1 Å². The van der Waals surface area contributed by atoms with Crippen LogP contribution in [0.3, 0.4) is 0 Å². The quantitative estimate of drug-likeness (QED) is 0.828. The zero-order valence-electron chi connectivity index (χ0n) is 13.1. The van der Waals surface area contributed by atoms with Gasteiger partial charge in [-0.25, -0.2) is 4.79 Å². The second kappa shape index (κ2) is 6.42. The van der Waals surface area contributed by atoms with Gasteiger partial charge in [0, 0.05) is 24.1 Å². The zero-order valence-corrected chi connectivity index (χ0v) is 13.1. The van der Waals surface area contributed by atoms with Crippen molar-refractivity contribution in [2.45, 2.75) is 38.5 Å². The Hall–Kier alpha value is -2.34. The van der Waals surface area contributed by atoms with Gasteiger partial charge in [-0.15, -0.1) is 0 Å². The molecule has 6 heteroatoms. The summed E-state index contributed by atoms with van der Waals surface area (Å²) in [6.45, 7) is 1.78. The zero-order chi connectivity index (χ0) is 16.4. The molecule has 0 aliphatic heterocycles. The van der Waals surface area contributed by atoms with Crippen molar-refractivity contribution in [1.29, 1.82) is 0 Å². The summed E-state index contributed by atoms with van der Waals surface area (Å²) in [4.78, 5) is 24.3. The Morgan fingerprint density at radius 1 is 1.35 bits per heavy atom. The molecule has 1 unspecified atom stereocenters. The minimum atomic E-state index is -0.869. The molecule has 1 aromatic heterocycles. The molecular formula is C17H19NO5. The first kappa shape index (κ1) is 15.6. The van der Waals surface area contributed by atoms with Crippen LogP contribution >= 0.6 is 0 Å². The van der Waals surface area contributed by atoms with Gasteiger partial charge in [0.15, 0.2) is 6.10 Å². The maximum atomic E-state index is 12.4. The predicted molar refractivity (Wildman–Crippen MR) is 83.0 cm³/mol. The van der Waals surface area contributed by atoms with E-state index < -0.39 is 12.1 Å². The summed E-state index contributed by atoms with van der Waals surface area (Å²) >= 11 is 0. The number of amides is 1. The van der Waals surface area contributed by atoms with Crippen LogP contribution in [0.4, 0.5) is 0 Å². The maximum absolute atomic E-state index is 12.4. The topological polar surface area (TPSA) is 77.8 Å². The highest BCUT2D eigenvalue weighted by Crippen LogP contribution is 2.27. The van der Waals surface area contributed by atoms with Crippen LogP contribution < -0.4 is 5.32 Å². The first-order chi connectivity index (χ1) is 11.1. The lowest BCUT2D eigenvalue weighted by Crippen LogP contribution is -2.37. The summed E-state index contributed by atoms with van der Waals surface area (Å²) in [5, 5.41) is 3.61. The molecule has 2 aromatic rings. The van der Waals surface area contributed by atoms with E-state index in [1.165, 1.54) is 0 Å². The minimum absolute atomic E-state index is 0.0825. The van der Waals surface area contributed by atoms with E-state index in [1.807, 2.05) is 18.2 Å². The highest BCUT2D eigenvalue weighted by Gasteiger charge is 2.29. The average molecular weight is 317 g/mol. The van der Waals surface area contributed by atoms with E-state index in [2.05, 4.69) is 5.32 Å². The molecule has 23 heavy (non-hydrogen) atoms. The number of furan rings is 1. The summed E-state index contributed by atoms with van der Waals surface area (Å²) in [7, 11) is 1.54. The van der Waals surface area contributed by atoms with Gasteiger partial charge in [-0.2, -0.15) is 0 Å². The molecule has 1 fully saturated rings. The highest BCUT2D eigenvalue weighted by molar-refractivity contribution is 5.97. The lowest BCUT2D eigenvalue weighted by molar-refractivity contribution is -0.129. The first-order valence-electron chi connectivity index (χ1n) is 7.61. The summed E-state index contributed by atoms with van der Waals surface area (Å²) in [5.41, 5.74) is 1.21. The molecule has 0 spiro atoms. The number of methoxy groups -OCH3 is 1. The van der Waals surface area contributed by atoms with E-state index in [9.17, 15) is 9.59 Å². The van der Waals surface area contributed by atoms with Crippen molar-refractivity contribution in [1.82, 2.24) is 5.32 Å². The lowest BCUT2D eigenvalue weighted by atomic mass is 10.1. The molecule has 3 rings (SSSR count). The Balaban J connectivity index is 1.79. The van der Waals surface area contributed by atoms with Crippen molar-refractivity contribution in [3.8, 4) is 0 Å². The monoisotopic (exact) mass is 317 g/mol. The Kier molecular flexibility index (Phi) is 4.34. The average Bonchev–Trinajstić information content (AvgIpc) is 3.27. The molecule has 1 N–H and O–H groups in total. The van der Waals surface area contributed by atoms with Crippen LogP contribution in [-0.4, -0.2) is 31.1 Å². The highest BCUT2D eigenvalue weighted by atomic mass is 16.6. The number of benzene rings is 1. The molecule has 1 atom stereocenters. The molecule has 1 aromatic carbocycles. The first-order valence-corrected chi connectivity index (χ1v) is 7.61. The van der Waals surface area contributed by atoms with Gasteiger partial charge in [0.25, 0.3) is 5.91 Å². The van der Waals surface area contributed by atoms with E-state index >= 15 is 0 Å². The van der Waals surface area contributed by atoms with E-state index in [-0.39, 0.29) is 24.3 Å². The Bertz CT molecular complexity index is 732. The number of para-hydroxylation sites is 1. The van der Waals surface area contributed by atoms with E-state index in [4.69, 9.17) is 13.9 Å². The molecule has 0 radical (unpaired) electrons. The standard InChI is InChI=1S/C17H19NO5/c1-10(16(19)18-11-7-8-11)22-17(20)15-13(9-21-2)12-5-3-4-6-14(12)23-15/h3-6,10-11H,7-9H2,1-2H3,(H,18,19). The summed E-state index contributed by atoms with van der Waals surface area (Å²) in [6, 6.07) is 7.53. The third-order valence-electron chi connectivity index (χ3n) is 3.75. The molecule has 1 saturated carbocycles. The number of ether oxygens (including phenoxy) is 2. The number of hydrogen-bond donors (Lipinski definition) is 1. The fourth-order valence-electron chi connectivity index (χ4n) is 2.37. The summed E-state index contributed by atoms with van der Waals surface area (Å²) in [5.74, 6) is -0.865. The van der Waals surface area contributed by atoms with Crippen LogP contribution in [0.25, 0.3) is 11.0 Å². The maximum Gasteiger partial charge on any atom is 0.375 e. The molecular weight excluding hydrogens is 298 g/mol. The van der Waals surface area contributed by atoms with E-state index in [0.717, 1.165) is 18.2 Å². The third kappa shape index (κ3) is 3.37. The van der Waals surface area contributed by atoms with Crippen LogP contribution in [-0.2, 0) is 20.9 Å². The smallest absolute Gasteiger partial charge is 0.375 e. The third-order valence-corrected chi connectivity index (χ3v) is 3.75. The van der Waals surface area contributed by atoms with Crippen LogP contribution in [0.15, 0.2) is 28.7 Å². The van der Waals surface area contributed by atoms with Crippen LogP contribution in [0.2, 0.25) is 0 Å². The van der Waals surface area contributed by atoms with Gasteiger partial charge < -0.3 is 19.2 Å². The van der Waals surface area contributed by atoms with Crippen molar-refractivity contribution in [2.75, 3.05) is 7.11 Å². The molecule has 1 amide bonds. The number of esters is 1. The number of fused-ring (bicyclic) bond motifs is 1. The number of rotatable bonds is 6. The lowest BCUT2D eigenvalue weighted by Gasteiger charge is -2.12. The summed E-state index contributed by atoms with van der Waals surface area (Å²) < 4.78 is 16.0. The van der Waals surface area contributed by atoms with Crippen LogP contribution in [0.1, 0.15) is 35.9 Å². The van der Waals surface area contributed by atoms with Gasteiger partial charge >= 0.3 is 5.97 Å². The second-order valence-electron chi connectivity index (χ2n) is 5.67. The van der Waals surface area contributed by atoms with Crippen molar-refractivity contribution in [3.63, 3.8) is 0 Å².